The van der Waals surface area contributed by atoms with Gasteiger partial charge in [-0.2, -0.15) is 15.6 Å². The molecule has 0 bridgehead atoms. The second-order valence-corrected chi connectivity index (χ2v) is 31.5. The highest BCUT2D eigenvalue weighted by atomic mass is 32.2. The molecule has 0 saturated heterocycles. The third-order valence-electron chi connectivity index (χ3n) is 12.8. The number of nitrogens with zero attached hydrogens (tertiary/aromatic N) is 10. The van der Waals surface area contributed by atoms with Crippen LogP contribution in [0, 0.1) is 6.92 Å². The largest absolute Gasteiger partial charge is 0.325 e. The van der Waals surface area contributed by atoms with Gasteiger partial charge in [0.2, 0.25) is 27.7 Å². The summed E-state index contributed by atoms with van der Waals surface area (Å²) in [6.45, 7) is 9.58. The Morgan fingerprint density at radius 2 is 1.02 bits per heavy atom. The Morgan fingerprint density at radius 3 is 1.49 bits per heavy atom. The van der Waals surface area contributed by atoms with E-state index < -0.39 is 29.1 Å². The van der Waals surface area contributed by atoms with Crippen molar-refractivity contribution in [1.82, 2.24) is 48.6 Å². The molecule has 0 aliphatic carbocycles. The molecule has 6 heterocycles. The van der Waals surface area contributed by atoms with Crippen LogP contribution in [-0.2, 0) is 75.4 Å². The Balaban J connectivity index is 0.730. The number of sulfonamides is 1. The van der Waals surface area contributed by atoms with Crippen LogP contribution in [0.1, 0.15) is 36.1 Å². The van der Waals surface area contributed by atoms with E-state index in [1.807, 2.05) is 81.1 Å². The second-order valence-electron chi connectivity index (χ2n) is 19.0. The average molecular weight is 1300 g/mol. The molecule has 3 amide bonds. The molecule has 9 rings (SSSR count). The lowest BCUT2D eigenvalue weighted by atomic mass is 10.2. The lowest BCUT2D eigenvalue weighted by Crippen LogP contribution is -2.26. The fourth-order valence-corrected chi connectivity index (χ4v) is 17.3. The number of thioether (sulfide) groups is 3. The number of carbonyl (C=O) groups excluding carboxylic acids is 3. The highest BCUT2D eigenvalue weighted by molar-refractivity contribution is 8.00. The fraction of sp³-hybridized carbons (Fsp3) is 0.255. The van der Waals surface area contributed by atoms with E-state index >= 15 is 0 Å². The number of amides is 3. The number of benzene rings is 3. The quantitative estimate of drug-likeness (QED) is 0.0337. The van der Waals surface area contributed by atoms with E-state index in [0.717, 1.165) is 37.8 Å². The number of nitrogens with one attached hydrogen (secondary N) is 3. The summed E-state index contributed by atoms with van der Waals surface area (Å²) in [7, 11) is -7.55. The molecule has 0 radical (unpaired) electrons. The minimum Gasteiger partial charge on any atom is -0.325 e. The Hall–Kier alpha value is -6.41. The summed E-state index contributed by atoms with van der Waals surface area (Å²) in [6.07, 6.45) is 1.58. The van der Waals surface area contributed by atoms with Gasteiger partial charge >= 0.3 is 0 Å². The maximum absolute atomic E-state index is 14.1. The number of thiophene rings is 3. The zero-order chi connectivity index (χ0) is 59.9. The van der Waals surface area contributed by atoms with Crippen LogP contribution in [0.15, 0.2) is 137 Å². The number of rotatable bonds is 26. The summed E-state index contributed by atoms with van der Waals surface area (Å²) in [5.41, 5.74) is 4.94. The van der Waals surface area contributed by atoms with Crippen LogP contribution in [0.3, 0.4) is 0 Å². The SMILES string of the molecule is C=S(C)(=O)c1ccc(NC(=O)CSc2nnc(-c3csc(CS(=C)(=O)c4ccc(NC(=O)CSc5nnc(-c6csc(CN(C)S(=O)(=O)c7ccc(NC(=O)CSc8nnc(-c9ccsc9)n8CC)cc7)c6)n5CC)cc4)c3)n2CC)c(C)c1. The van der Waals surface area contributed by atoms with Crippen molar-refractivity contribution in [1.29, 1.82) is 0 Å². The Bertz CT molecular complexity index is 4190. The van der Waals surface area contributed by atoms with Crippen LogP contribution in [0.25, 0.3) is 34.2 Å². The lowest BCUT2D eigenvalue weighted by molar-refractivity contribution is -0.114. The summed E-state index contributed by atoms with van der Waals surface area (Å²) in [5, 5.41) is 44.4. The normalized spacial score (nSPS) is 13.2. The molecule has 0 spiro atoms. The summed E-state index contributed by atoms with van der Waals surface area (Å²) in [4.78, 5) is 41.9. The molecule has 0 fully saturated rings. The van der Waals surface area contributed by atoms with Crippen molar-refractivity contribution in [3.63, 3.8) is 0 Å². The van der Waals surface area contributed by atoms with Gasteiger partial charge in [-0.25, -0.2) is 8.42 Å². The predicted molar refractivity (Wildman–Crippen MR) is 344 cm³/mol. The van der Waals surface area contributed by atoms with E-state index in [4.69, 9.17) is 0 Å². The van der Waals surface area contributed by atoms with E-state index in [2.05, 4.69) is 58.3 Å². The first-order valence-electron chi connectivity index (χ1n) is 25.8. The molecular formula is C55H59N13O7S9. The van der Waals surface area contributed by atoms with E-state index in [9.17, 15) is 31.2 Å². The van der Waals surface area contributed by atoms with Crippen LogP contribution in [-0.4, -0.2) is 125 Å². The average Bonchev–Trinajstić information content (AvgIpc) is 4.41. The van der Waals surface area contributed by atoms with E-state index in [0.29, 0.717) is 73.6 Å². The summed E-state index contributed by atoms with van der Waals surface area (Å²) in [6, 6.07) is 23.9. The highest BCUT2D eigenvalue weighted by Crippen LogP contribution is 2.33. The van der Waals surface area contributed by atoms with E-state index in [1.54, 1.807) is 72.2 Å². The molecule has 0 aliphatic heterocycles. The highest BCUT2D eigenvalue weighted by Gasteiger charge is 2.25. The first kappa shape index (κ1) is 62.1. The molecule has 2 unspecified atom stereocenters. The van der Waals surface area contributed by atoms with Crippen LogP contribution >= 0.6 is 69.3 Å². The van der Waals surface area contributed by atoms with Crippen molar-refractivity contribution in [2.45, 2.75) is 89.8 Å². The van der Waals surface area contributed by atoms with Gasteiger partial charge in [0.25, 0.3) is 0 Å². The van der Waals surface area contributed by atoms with Crippen LogP contribution in [0.4, 0.5) is 17.1 Å². The molecule has 84 heavy (non-hydrogen) atoms. The minimum absolute atomic E-state index is 0.0383. The van der Waals surface area contributed by atoms with E-state index in [1.165, 1.54) is 81.4 Å². The molecule has 6 aromatic heterocycles. The zero-order valence-electron chi connectivity index (χ0n) is 46.5. The molecular weight excluding hydrogens is 1240 g/mol. The maximum atomic E-state index is 14.1. The van der Waals surface area contributed by atoms with Gasteiger partial charge < -0.3 is 29.7 Å². The van der Waals surface area contributed by atoms with Crippen molar-refractivity contribution in [3.05, 3.63) is 122 Å². The van der Waals surface area contributed by atoms with Crippen molar-refractivity contribution < 1.29 is 31.2 Å². The first-order chi connectivity index (χ1) is 40.1. The molecule has 20 nitrogen and oxygen atoms in total. The number of hydrogen-bond donors (Lipinski definition) is 3. The number of aryl methyl sites for hydroxylation is 1. The third-order valence-corrected chi connectivity index (χ3v) is 23.4. The fourth-order valence-electron chi connectivity index (χ4n) is 8.54. The second kappa shape index (κ2) is 26.9. The van der Waals surface area contributed by atoms with Crippen molar-refractivity contribution >= 4 is 145 Å². The van der Waals surface area contributed by atoms with Gasteiger partial charge in [0, 0.05) is 118 Å². The molecule has 3 aromatic carbocycles. The topological polar surface area (TPSA) is 251 Å². The van der Waals surface area contributed by atoms with Crippen LogP contribution in [0.5, 0.6) is 0 Å². The molecule has 0 aliphatic rings. The predicted octanol–water partition coefficient (Wildman–Crippen LogP) is 10.0. The lowest BCUT2D eigenvalue weighted by Gasteiger charge is -2.16. The minimum atomic E-state index is -3.90. The van der Waals surface area contributed by atoms with Gasteiger partial charge in [-0.1, -0.05) is 35.3 Å². The van der Waals surface area contributed by atoms with E-state index in [-0.39, 0.29) is 52.2 Å². The molecule has 3 N–H and O–H groups in total. The smallest absolute Gasteiger partial charge is 0.243 e. The molecule has 9 aromatic rings. The zero-order valence-corrected chi connectivity index (χ0v) is 53.8. The van der Waals surface area contributed by atoms with Crippen molar-refractivity contribution in [2.24, 2.45) is 0 Å². The molecule has 2 atom stereocenters. The van der Waals surface area contributed by atoms with Gasteiger partial charge in [0.15, 0.2) is 32.9 Å². The first-order valence-corrected chi connectivity index (χ1v) is 37.0. The van der Waals surface area contributed by atoms with Crippen molar-refractivity contribution in [2.75, 3.05) is 46.5 Å². The summed E-state index contributed by atoms with van der Waals surface area (Å²) < 4.78 is 60.9. The van der Waals surface area contributed by atoms with Crippen molar-refractivity contribution in [3.8, 4) is 34.2 Å². The Labute approximate surface area is 512 Å². The van der Waals surface area contributed by atoms with Gasteiger partial charge in [-0.15, -0.1) is 53.3 Å². The van der Waals surface area contributed by atoms with Gasteiger partial charge in [0.1, 0.15) is 0 Å². The summed E-state index contributed by atoms with van der Waals surface area (Å²) >= 11 is 8.18. The number of anilines is 3. The van der Waals surface area contributed by atoms with Gasteiger partial charge in [0.05, 0.1) is 27.9 Å². The van der Waals surface area contributed by atoms with Crippen LogP contribution in [0.2, 0.25) is 0 Å². The summed E-state index contributed by atoms with van der Waals surface area (Å²) in [5.74, 6) is 9.44. The van der Waals surface area contributed by atoms with Gasteiger partial charge in [-0.05, 0) is 145 Å². The molecule has 29 heteroatoms. The number of hydrogen-bond acceptors (Lipinski definition) is 19. The monoisotopic (exact) mass is 1300 g/mol. The number of carbonyl (C=O) groups is 3. The van der Waals surface area contributed by atoms with Crippen LogP contribution < -0.4 is 16.0 Å². The van der Waals surface area contributed by atoms with Gasteiger partial charge in [-0.3, -0.25) is 22.8 Å². The standard InChI is InChI=1S/C55H59N13O7S9/c1-9-66-50(36-22-23-76-28-36)59-62-53(66)79-31-48(70)57-40-14-18-44(19-15-40)84(74,75)65(5)27-41-25-37(29-77-41)51-60-63-54(67(51)10-2)80-32-47(69)56-39-12-16-43(17-13-39)83(8,73)34-42-26-38(30-78-42)52-61-64-55(68(52)11-3)81-33-49(71)58-46-21-20-45(24-35(46)4)82(6,7)72/h12-26,28-30H,6,8-11,27,31-34H2,1-5,7H3,(H,56,69)(H,57,70)(H,58,71). The number of aromatic nitrogens is 9. The Kier molecular flexibility index (Phi) is 19.9. The molecule has 0 saturated carbocycles. The molecule has 440 valence electrons. The Morgan fingerprint density at radius 1 is 0.571 bits per heavy atom. The maximum Gasteiger partial charge on any atom is 0.243 e. The third kappa shape index (κ3) is 14.8.